The third-order valence-corrected chi connectivity index (χ3v) is 3.53. The number of fused-ring (bicyclic) bond motifs is 1. The van der Waals surface area contributed by atoms with Crippen LogP contribution in [0.1, 0.15) is 16.1 Å². The Labute approximate surface area is 116 Å². The minimum absolute atomic E-state index is 0.00430. The van der Waals surface area contributed by atoms with Crippen molar-refractivity contribution in [3.05, 3.63) is 46.9 Å². The van der Waals surface area contributed by atoms with Crippen LogP contribution in [0.5, 0.6) is 11.6 Å². The lowest BCUT2D eigenvalue weighted by atomic mass is 10.2. The maximum Gasteiger partial charge on any atom is 0.358 e. The van der Waals surface area contributed by atoms with E-state index in [1.807, 2.05) is 0 Å². The first-order chi connectivity index (χ1) is 9.56. The van der Waals surface area contributed by atoms with E-state index in [4.69, 9.17) is 4.74 Å². The minimum atomic E-state index is -1.13. The molecule has 0 aliphatic rings. The van der Waals surface area contributed by atoms with E-state index in [1.54, 1.807) is 18.5 Å². The SMILES string of the molecule is Cc1cc(Oc2nc3sccn3c2C(=O)O)ccc1F. The number of aromatic nitrogens is 2. The summed E-state index contributed by atoms with van der Waals surface area (Å²) in [6, 6.07) is 4.19. The number of imidazole rings is 1. The van der Waals surface area contributed by atoms with Crippen LogP contribution in [0.25, 0.3) is 4.96 Å². The lowest BCUT2D eigenvalue weighted by Gasteiger charge is -2.05. The van der Waals surface area contributed by atoms with Crippen molar-refractivity contribution in [3.63, 3.8) is 0 Å². The van der Waals surface area contributed by atoms with Crippen molar-refractivity contribution in [3.8, 4) is 11.6 Å². The monoisotopic (exact) mass is 292 g/mol. The number of rotatable bonds is 3. The van der Waals surface area contributed by atoms with E-state index in [1.165, 1.54) is 33.9 Å². The highest BCUT2D eigenvalue weighted by molar-refractivity contribution is 7.15. The molecule has 0 radical (unpaired) electrons. The van der Waals surface area contributed by atoms with Crippen molar-refractivity contribution >= 4 is 22.3 Å². The molecule has 0 fully saturated rings. The lowest BCUT2D eigenvalue weighted by Crippen LogP contribution is -2.02. The number of benzene rings is 1. The molecule has 3 aromatic rings. The molecule has 0 atom stereocenters. The standard InChI is InChI=1S/C13H9FN2O3S/c1-7-6-8(2-3-9(7)14)19-11-10(12(17)18)16-4-5-20-13(16)15-11/h2-6H,1H3,(H,17,18). The molecular formula is C13H9FN2O3S. The zero-order valence-electron chi connectivity index (χ0n) is 10.3. The van der Waals surface area contributed by atoms with Gasteiger partial charge in [0.25, 0.3) is 5.88 Å². The number of carboxylic acids is 1. The van der Waals surface area contributed by atoms with Gasteiger partial charge in [-0.15, -0.1) is 11.3 Å². The molecule has 0 saturated carbocycles. The highest BCUT2D eigenvalue weighted by atomic mass is 32.1. The van der Waals surface area contributed by atoms with Gasteiger partial charge in [-0.2, -0.15) is 4.98 Å². The summed E-state index contributed by atoms with van der Waals surface area (Å²) in [5.41, 5.74) is 0.364. The Morgan fingerprint density at radius 2 is 2.30 bits per heavy atom. The zero-order valence-corrected chi connectivity index (χ0v) is 11.1. The Hall–Kier alpha value is -2.41. The van der Waals surface area contributed by atoms with E-state index < -0.39 is 5.97 Å². The second-order valence-electron chi connectivity index (χ2n) is 4.14. The molecule has 0 spiro atoms. The smallest absolute Gasteiger partial charge is 0.358 e. The molecule has 0 bridgehead atoms. The molecule has 0 saturated heterocycles. The fourth-order valence-corrected chi connectivity index (χ4v) is 2.53. The minimum Gasteiger partial charge on any atom is -0.476 e. The van der Waals surface area contributed by atoms with Crippen LogP contribution in [0.15, 0.2) is 29.8 Å². The van der Waals surface area contributed by atoms with Crippen molar-refractivity contribution in [2.24, 2.45) is 0 Å². The normalized spacial score (nSPS) is 10.9. The zero-order chi connectivity index (χ0) is 14.3. The van der Waals surface area contributed by atoms with Crippen molar-refractivity contribution in [1.29, 1.82) is 0 Å². The predicted molar refractivity (Wildman–Crippen MR) is 71.2 cm³/mol. The van der Waals surface area contributed by atoms with Gasteiger partial charge < -0.3 is 9.84 Å². The molecule has 3 rings (SSSR count). The molecule has 20 heavy (non-hydrogen) atoms. The van der Waals surface area contributed by atoms with Gasteiger partial charge >= 0.3 is 5.97 Å². The van der Waals surface area contributed by atoms with E-state index in [2.05, 4.69) is 4.98 Å². The van der Waals surface area contributed by atoms with E-state index in [-0.39, 0.29) is 17.4 Å². The number of ether oxygens (including phenoxy) is 1. The van der Waals surface area contributed by atoms with Gasteiger partial charge in [0.15, 0.2) is 10.7 Å². The van der Waals surface area contributed by atoms with Crippen LogP contribution in [0.3, 0.4) is 0 Å². The summed E-state index contributed by atoms with van der Waals surface area (Å²) in [4.78, 5) is 16.0. The molecule has 7 heteroatoms. The first kappa shape index (κ1) is 12.6. The summed E-state index contributed by atoms with van der Waals surface area (Å²) in [5.74, 6) is -1.14. The molecule has 0 aliphatic heterocycles. The van der Waals surface area contributed by atoms with Gasteiger partial charge in [0.05, 0.1) is 0 Å². The summed E-state index contributed by atoms with van der Waals surface area (Å²) in [5, 5.41) is 11.0. The van der Waals surface area contributed by atoms with Gasteiger partial charge in [0, 0.05) is 11.6 Å². The third-order valence-electron chi connectivity index (χ3n) is 2.78. The van der Waals surface area contributed by atoms with Gasteiger partial charge in [0.1, 0.15) is 11.6 Å². The maximum atomic E-state index is 13.2. The number of thiazole rings is 1. The molecule has 2 aromatic heterocycles. The molecule has 5 nitrogen and oxygen atoms in total. The van der Waals surface area contributed by atoms with E-state index in [0.29, 0.717) is 16.3 Å². The quantitative estimate of drug-likeness (QED) is 0.804. The summed E-state index contributed by atoms with van der Waals surface area (Å²) in [7, 11) is 0. The molecular weight excluding hydrogens is 283 g/mol. The first-order valence-electron chi connectivity index (χ1n) is 5.69. The van der Waals surface area contributed by atoms with Crippen molar-refractivity contribution in [1.82, 2.24) is 9.38 Å². The Morgan fingerprint density at radius 3 is 3.00 bits per heavy atom. The molecule has 1 aromatic carbocycles. The number of carboxylic acid groups (broad SMARTS) is 1. The van der Waals surface area contributed by atoms with Gasteiger partial charge in [0.2, 0.25) is 0 Å². The Balaban J connectivity index is 2.05. The number of aromatic carboxylic acids is 1. The summed E-state index contributed by atoms with van der Waals surface area (Å²) in [6.45, 7) is 1.60. The van der Waals surface area contributed by atoms with E-state index in [9.17, 15) is 14.3 Å². The molecule has 0 amide bonds. The number of hydrogen-bond acceptors (Lipinski definition) is 4. The Bertz CT molecular complexity index is 809. The largest absolute Gasteiger partial charge is 0.476 e. The maximum absolute atomic E-state index is 13.2. The second-order valence-corrected chi connectivity index (χ2v) is 5.01. The highest BCUT2D eigenvalue weighted by Crippen LogP contribution is 2.28. The van der Waals surface area contributed by atoms with Crippen molar-refractivity contribution in [2.75, 3.05) is 0 Å². The Morgan fingerprint density at radius 1 is 1.50 bits per heavy atom. The summed E-state index contributed by atoms with van der Waals surface area (Å²) in [6.07, 6.45) is 1.61. The average molecular weight is 292 g/mol. The number of halogens is 1. The van der Waals surface area contributed by atoms with Crippen molar-refractivity contribution < 1.29 is 19.0 Å². The van der Waals surface area contributed by atoms with Crippen LogP contribution >= 0.6 is 11.3 Å². The van der Waals surface area contributed by atoms with Crippen LogP contribution in [-0.4, -0.2) is 20.5 Å². The van der Waals surface area contributed by atoms with Gasteiger partial charge in [-0.25, -0.2) is 9.18 Å². The van der Waals surface area contributed by atoms with Crippen LogP contribution in [0, 0.1) is 12.7 Å². The van der Waals surface area contributed by atoms with Crippen LogP contribution < -0.4 is 4.74 Å². The number of nitrogens with zero attached hydrogens (tertiary/aromatic N) is 2. The summed E-state index contributed by atoms with van der Waals surface area (Å²) >= 11 is 1.30. The molecule has 0 unspecified atom stereocenters. The third kappa shape index (κ3) is 2.01. The number of carbonyl (C=O) groups is 1. The van der Waals surface area contributed by atoms with E-state index in [0.717, 1.165) is 0 Å². The fourth-order valence-electron chi connectivity index (χ4n) is 1.82. The van der Waals surface area contributed by atoms with Crippen molar-refractivity contribution in [2.45, 2.75) is 6.92 Å². The summed E-state index contributed by atoms with van der Waals surface area (Å²) < 4.78 is 20.1. The van der Waals surface area contributed by atoms with Crippen LogP contribution in [0.2, 0.25) is 0 Å². The predicted octanol–water partition coefficient (Wildman–Crippen LogP) is 3.33. The topological polar surface area (TPSA) is 63.8 Å². The molecule has 102 valence electrons. The van der Waals surface area contributed by atoms with E-state index >= 15 is 0 Å². The highest BCUT2D eigenvalue weighted by Gasteiger charge is 2.21. The van der Waals surface area contributed by atoms with Crippen LogP contribution in [-0.2, 0) is 0 Å². The van der Waals surface area contributed by atoms with Crippen LogP contribution in [0.4, 0.5) is 4.39 Å². The van der Waals surface area contributed by atoms with Gasteiger partial charge in [-0.05, 0) is 30.7 Å². The second kappa shape index (κ2) is 4.61. The first-order valence-corrected chi connectivity index (χ1v) is 6.57. The molecule has 0 aliphatic carbocycles. The Kier molecular flexibility index (Phi) is 2.90. The van der Waals surface area contributed by atoms with Gasteiger partial charge in [-0.1, -0.05) is 0 Å². The molecule has 2 heterocycles. The molecule has 1 N–H and O–H groups in total. The van der Waals surface area contributed by atoms with Gasteiger partial charge in [-0.3, -0.25) is 4.40 Å². The lowest BCUT2D eigenvalue weighted by molar-refractivity contribution is 0.0686. The number of hydrogen-bond donors (Lipinski definition) is 1. The average Bonchev–Trinajstić information content (AvgIpc) is 2.93. The fraction of sp³-hybridized carbons (Fsp3) is 0.0769. The number of aryl methyl sites for hydroxylation is 1.